The van der Waals surface area contributed by atoms with E-state index in [1.807, 2.05) is 13.0 Å². The van der Waals surface area contributed by atoms with Gasteiger partial charge >= 0.3 is 5.97 Å². The maximum absolute atomic E-state index is 12.4. The zero-order valence-electron chi connectivity index (χ0n) is 17.4. The molecule has 2 aromatic rings. The molecular formula is C21H19BrN4O7. The lowest BCUT2D eigenvalue weighted by Gasteiger charge is -2.17. The van der Waals surface area contributed by atoms with Crippen LogP contribution >= 0.6 is 15.9 Å². The normalized spacial score (nSPS) is 15.2. The Hall–Kier alpha value is -3.80. The van der Waals surface area contributed by atoms with E-state index in [2.05, 4.69) is 26.7 Å². The molecule has 3 rings (SSSR count). The number of ether oxygens (including phenoxy) is 1. The smallest absolute Gasteiger partial charge is 0.311 e. The summed E-state index contributed by atoms with van der Waals surface area (Å²) in [5.74, 6) is -3.62. The maximum atomic E-state index is 12.4. The third-order valence-corrected chi connectivity index (χ3v) is 5.34. The fraction of sp³-hybridized carbons (Fsp3) is 0.238. The molecule has 0 unspecified atom stereocenters. The van der Waals surface area contributed by atoms with E-state index in [0.29, 0.717) is 5.69 Å². The third kappa shape index (κ3) is 5.92. The van der Waals surface area contributed by atoms with Gasteiger partial charge in [-0.3, -0.25) is 39.7 Å². The van der Waals surface area contributed by atoms with Crippen molar-refractivity contribution >= 4 is 51.0 Å². The highest BCUT2D eigenvalue weighted by Gasteiger charge is 2.37. The minimum Gasteiger partial charge on any atom is -0.455 e. The number of aryl methyl sites for hydroxylation is 1. The molecule has 2 N–H and O–H groups in total. The Morgan fingerprint density at radius 2 is 1.97 bits per heavy atom. The van der Waals surface area contributed by atoms with Crippen molar-refractivity contribution in [3.05, 3.63) is 68.2 Å². The quantitative estimate of drug-likeness (QED) is 0.324. The average molecular weight is 519 g/mol. The molecule has 0 saturated carbocycles. The molecular weight excluding hydrogens is 500 g/mol. The van der Waals surface area contributed by atoms with Gasteiger partial charge < -0.3 is 10.1 Å². The maximum Gasteiger partial charge on any atom is 0.311 e. The number of nitrogens with zero attached hydrogens (tertiary/aromatic N) is 2. The lowest BCUT2D eigenvalue weighted by atomic mass is 10.1. The minimum atomic E-state index is -0.897. The summed E-state index contributed by atoms with van der Waals surface area (Å²) in [6, 6.07) is 10.6. The van der Waals surface area contributed by atoms with E-state index in [-0.39, 0.29) is 18.5 Å². The first-order valence-corrected chi connectivity index (χ1v) is 10.5. The van der Waals surface area contributed by atoms with Crippen LogP contribution in [0.25, 0.3) is 0 Å². The van der Waals surface area contributed by atoms with Crippen LogP contribution in [0.3, 0.4) is 0 Å². The van der Waals surface area contributed by atoms with Crippen molar-refractivity contribution in [2.45, 2.75) is 13.3 Å². The first-order chi connectivity index (χ1) is 15.7. The van der Waals surface area contributed by atoms with Crippen LogP contribution in [-0.4, -0.2) is 46.8 Å². The summed E-state index contributed by atoms with van der Waals surface area (Å²) in [4.78, 5) is 59.4. The first-order valence-electron chi connectivity index (χ1n) is 9.73. The van der Waals surface area contributed by atoms with E-state index in [1.165, 1.54) is 24.3 Å². The summed E-state index contributed by atoms with van der Waals surface area (Å²) in [5, 5.41) is 14.6. The number of carbonyl (C=O) groups is 4. The molecule has 1 aliphatic heterocycles. The lowest BCUT2D eigenvalue weighted by molar-refractivity contribution is -0.385. The molecule has 0 bridgehead atoms. The number of esters is 1. The Kier molecular flexibility index (Phi) is 7.38. The minimum absolute atomic E-state index is 0.183. The molecule has 1 fully saturated rings. The van der Waals surface area contributed by atoms with E-state index in [1.54, 1.807) is 12.1 Å². The number of halogens is 1. The number of rotatable bonds is 7. The van der Waals surface area contributed by atoms with Crippen molar-refractivity contribution in [2.24, 2.45) is 5.92 Å². The molecule has 0 aromatic heterocycles. The highest BCUT2D eigenvalue weighted by molar-refractivity contribution is 9.10. The molecule has 12 heteroatoms. The predicted octanol–water partition coefficient (Wildman–Crippen LogP) is 2.34. The summed E-state index contributed by atoms with van der Waals surface area (Å²) >= 11 is 3.33. The lowest BCUT2D eigenvalue weighted by Crippen LogP contribution is -2.43. The molecule has 0 spiro atoms. The van der Waals surface area contributed by atoms with Gasteiger partial charge in [-0.25, -0.2) is 0 Å². The van der Waals surface area contributed by atoms with E-state index in [4.69, 9.17) is 4.74 Å². The van der Waals surface area contributed by atoms with E-state index in [0.717, 1.165) is 15.0 Å². The number of nitro benzene ring substituents is 1. The highest BCUT2D eigenvalue weighted by atomic mass is 79.9. The average Bonchev–Trinajstić information content (AvgIpc) is 3.14. The van der Waals surface area contributed by atoms with Gasteiger partial charge in [-0.05, 0) is 36.8 Å². The third-order valence-electron chi connectivity index (χ3n) is 4.85. The van der Waals surface area contributed by atoms with Crippen molar-refractivity contribution in [1.82, 2.24) is 10.4 Å². The number of nitro groups is 1. The molecule has 0 aliphatic carbocycles. The van der Waals surface area contributed by atoms with Crippen molar-refractivity contribution in [1.29, 1.82) is 0 Å². The van der Waals surface area contributed by atoms with Gasteiger partial charge in [0.1, 0.15) is 5.56 Å². The van der Waals surface area contributed by atoms with Crippen LogP contribution in [-0.2, 0) is 19.1 Å². The van der Waals surface area contributed by atoms with Gasteiger partial charge in [0.05, 0.1) is 17.4 Å². The first kappa shape index (κ1) is 23.9. The largest absolute Gasteiger partial charge is 0.455 e. The van der Waals surface area contributed by atoms with Crippen LogP contribution in [0.15, 0.2) is 46.9 Å². The fourth-order valence-electron chi connectivity index (χ4n) is 3.19. The zero-order valence-corrected chi connectivity index (χ0v) is 19.0. The summed E-state index contributed by atoms with van der Waals surface area (Å²) in [7, 11) is 0. The van der Waals surface area contributed by atoms with Gasteiger partial charge in [0.25, 0.3) is 17.5 Å². The van der Waals surface area contributed by atoms with E-state index >= 15 is 0 Å². The van der Waals surface area contributed by atoms with Gasteiger partial charge in [0.15, 0.2) is 6.61 Å². The standard InChI is InChI=1S/C21H19BrN4O7/c1-12-8-14(22)6-7-16(12)23-18(27)11-33-21(30)13-9-19(28)25(10-13)24-20(29)15-4-2-3-5-17(15)26(31)32/h2-8,13H,9-11H2,1H3,(H,23,27)(H,24,29)/t13-/m1/s1. The van der Waals surface area contributed by atoms with Crippen molar-refractivity contribution in [3.8, 4) is 0 Å². The molecule has 3 amide bonds. The second kappa shape index (κ2) is 10.2. The second-order valence-corrected chi connectivity index (χ2v) is 8.15. The number of nitrogens with one attached hydrogen (secondary N) is 2. The molecule has 11 nitrogen and oxygen atoms in total. The summed E-state index contributed by atoms with van der Waals surface area (Å²) in [6.07, 6.45) is -0.233. The Morgan fingerprint density at radius 3 is 2.67 bits per heavy atom. The number of hydrazine groups is 1. The Balaban J connectivity index is 1.53. The van der Waals surface area contributed by atoms with Gasteiger partial charge in [-0.15, -0.1) is 0 Å². The molecule has 1 aliphatic rings. The van der Waals surface area contributed by atoms with Crippen molar-refractivity contribution in [3.63, 3.8) is 0 Å². The molecule has 1 heterocycles. The molecule has 172 valence electrons. The molecule has 1 atom stereocenters. The van der Waals surface area contributed by atoms with Gasteiger partial charge in [-0.1, -0.05) is 28.1 Å². The van der Waals surface area contributed by atoms with Gasteiger partial charge in [0.2, 0.25) is 5.91 Å². The van der Waals surface area contributed by atoms with Gasteiger partial charge in [-0.2, -0.15) is 0 Å². The van der Waals surface area contributed by atoms with Crippen LogP contribution < -0.4 is 10.7 Å². The van der Waals surface area contributed by atoms with Gasteiger partial charge in [0, 0.05) is 22.6 Å². The van der Waals surface area contributed by atoms with Crippen molar-refractivity contribution in [2.75, 3.05) is 18.5 Å². The van der Waals surface area contributed by atoms with Crippen LogP contribution in [0.5, 0.6) is 0 Å². The molecule has 2 aromatic carbocycles. The molecule has 0 radical (unpaired) electrons. The Labute approximate surface area is 196 Å². The molecule has 1 saturated heterocycles. The van der Waals surface area contributed by atoms with Crippen LogP contribution in [0.4, 0.5) is 11.4 Å². The summed E-state index contributed by atoms with van der Waals surface area (Å²) < 4.78 is 5.87. The Bertz CT molecular complexity index is 1140. The number of anilines is 1. The van der Waals surface area contributed by atoms with Crippen LogP contribution in [0.1, 0.15) is 22.3 Å². The van der Waals surface area contributed by atoms with Crippen LogP contribution in [0, 0.1) is 23.0 Å². The number of benzene rings is 2. The second-order valence-electron chi connectivity index (χ2n) is 7.24. The topological polar surface area (TPSA) is 148 Å². The van der Waals surface area contributed by atoms with Crippen LogP contribution in [0.2, 0.25) is 0 Å². The predicted molar refractivity (Wildman–Crippen MR) is 119 cm³/mol. The highest BCUT2D eigenvalue weighted by Crippen LogP contribution is 2.22. The molecule has 33 heavy (non-hydrogen) atoms. The van der Waals surface area contributed by atoms with Crippen molar-refractivity contribution < 1.29 is 28.8 Å². The fourth-order valence-corrected chi connectivity index (χ4v) is 3.66. The number of amides is 3. The number of hydrogen-bond acceptors (Lipinski definition) is 7. The Morgan fingerprint density at radius 1 is 1.24 bits per heavy atom. The van der Waals surface area contributed by atoms with E-state index in [9.17, 15) is 29.3 Å². The SMILES string of the molecule is Cc1cc(Br)ccc1NC(=O)COC(=O)[C@@H]1CC(=O)N(NC(=O)c2ccccc2[N+](=O)[O-])C1. The van der Waals surface area contributed by atoms with E-state index < -0.39 is 46.8 Å². The number of hydrogen-bond donors (Lipinski definition) is 2. The number of para-hydroxylation sites is 1. The summed E-state index contributed by atoms with van der Waals surface area (Å²) in [6.45, 7) is 1.09. The number of carbonyl (C=O) groups excluding carboxylic acids is 4. The summed E-state index contributed by atoms with van der Waals surface area (Å²) in [5.41, 5.74) is 3.03. The zero-order chi connectivity index (χ0) is 24.1. The monoisotopic (exact) mass is 518 g/mol.